The summed E-state index contributed by atoms with van der Waals surface area (Å²) in [5, 5.41) is 0. The van der Waals surface area contributed by atoms with Gasteiger partial charge in [-0.25, -0.2) is 9.69 Å². The van der Waals surface area contributed by atoms with Gasteiger partial charge in [0, 0.05) is 0 Å². The molecule has 128 valence electrons. The number of para-hydroxylation sites is 1. The monoisotopic (exact) mass is 333 g/mol. The second-order valence-electron chi connectivity index (χ2n) is 6.19. The van der Waals surface area contributed by atoms with E-state index in [2.05, 4.69) is 0 Å². The van der Waals surface area contributed by atoms with Gasteiger partial charge in [0.15, 0.2) is 12.1 Å². The van der Waals surface area contributed by atoms with Crippen molar-refractivity contribution in [1.82, 2.24) is 0 Å². The van der Waals surface area contributed by atoms with E-state index in [1.165, 1.54) is 19.1 Å². The van der Waals surface area contributed by atoms with Crippen molar-refractivity contribution in [2.45, 2.75) is 25.5 Å². The molecule has 3 unspecified atom stereocenters. The van der Waals surface area contributed by atoms with E-state index >= 15 is 0 Å². The standard InChI is InChI=1S/C17H19NO6/c1-9(2)17-10-7-5-6-8-11(10)18(16(21)23-4)15(17)24-14(20)12(17)13(19)22-3/h5-9,12,15H,1-4H3. The maximum absolute atomic E-state index is 12.5. The van der Waals surface area contributed by atoms with Gasteiger partial charge in [0.25, 0.3) is 0 Å². The number of amides is 1. The fourth-order valence-electron chi connectivity index (χ4n) is 3.98. The van der Waals surface area contributed by atoms with Gasteiger partial charge in [-0.05, 0) is 17.5 Å². The molecule has 0 saturated carbocycles. The third-order valence-electron chi connectivity index (χ3n) is 4.98. The Hall–Kier alpha value is -2.57. The van der Waals surface area contributed by atoms with Crippen molar-refractivity contribution in [3.05, 3.63) is 29.8 Å². The van der Waals surface area contributed by atoms with E-state index in [0.29, 0.717) is 11.3 Å². The van der Waals surface area contributed by atoms with E-state index < -0.39 is 35.6 Å². The minimum Gasteiger partial charge on any atom is -0.468 e. The maximum Gasteiger partial charge on any atom is 0.417 e. The summed E-state index contributed by atoms with van der Waals surface area (Å²) >= 11 is 0. The molecule has 2 heterocycles. The molecule has 0 N–H and O–H groups in total. The topological polar surface area (TPSA) is 82.1 Å². The molecule has 0 bridgehead atoms. The molecule has 0 radical (unpaired) electrons. The number of ether oxygens (including phenoxy) is 3. The van der Waals surface area contributed by atoms with Crippen LogP contribution in [0, 0.1) is 11.8 Å². The van der Waals surface area contributed by atoms with E-state index in [4.69, 9.17) is 14.2 Å². The van der Waals surface area contributed by atoms with Crippen molar-refractivity contribution < 1.29 is 28.6 Å². The van der Waals surface area contributed by atoms with Crippen molar-refractivity contribution >= 4 is 23.7 Å². The predicted octanol–water partition coefficient (Wildman–Crippen LogP) is 1.84. The van der Waals surface area contributed by atoms with E-state index in [9.17, 15) is 14.4 Å². The number of nitrogens with zero attached hydrogens (tertiary/aromatic N) is 1. The summed E-state index contributed by atoms with van der Waals surface area (Å²) in [7, 11) is 2.49. The molecule has 7 nitrogen and oxygen atoms in total. The first kappa shape index (κ1) is 16.3. The zero-order chi connectivity index (χ0) is 17.6. The second-order valence-corrected chi connectivity index (χ2v) is 6.19. The summed E-state index contributed by atoms with van der Waals surface area (Å²) in [6.07, 6.45) is -1.59. The Bertz CT molecular complexity index is 715. The molecule has 1 fully saturated rings. The number of anilines is 1. The van der Waals surface area contributed by atoms with Crippen LogP contribution in [-0.2, 0) is 29.2 Å². The highest BCUT2D eigenvalue weighted by molar-refractivity contribution is 6.03. The number of methoxy groups -OCH3 is 2. The fraction of sp³-hybridized carbons (Fsp3) is 0.471. The van der Waals surface area contributed by atoms with Gasteiger partial charge in [0.2, 0.25) is 0 Å². The largest absolute Gasteiger partial charge is 0.468 e. The molecule has 1 aromatic carbocycles. The average molecular weight is 333 g/mol. The quantitative estimate of drug-likeness (QED) is 0.467. The van der Waals surface area contributed by atoms with E-state index in [-0.39, 0.29) is 5.92 Å². The zero-order valence-corrected chi connectivity index (χ0v) is 13.9. The van der Waals surface area contributed by atoms with Gasteiger partial charge in [-0.3, -0.25) is 9.59 Å². The van der Waals surface area contributed by atoms with Gasteiger partial charge in [0.05, 0.1) is 25.3 Å². The summed E-state index contributed by atoms with van der Waals surface area (Å²) in [4.78, 5) is 38.5. The molecule has 0 aromatic heterocycles. The van der Waals surface area contributed by atoms with E-state index in [1.807, 2.05) is 19.9 Å². The molecular weight excluding hydrogens is 314 g/mol. The van der Waals surface area contributed by atoms with Gasteiger partial charge < -0.3 is 14.2 Å². The van der Waals surface area contributed by atoms with Crippen molar-refractivity contribution in [1.29, 1.82) is 0 Å². The van der Waals surface area contributed by atoms with Crippen LogP contribution in [0.5, 0.6) is 0 Å². The SMILES string of the molecule is COC(=O)C1C(=O)OC2N(C(=O)OC)c3ccccc3C12C(C)C. The Morgan fingerprint density at radius 2 is 1.88 bits per heavy atom. The van der Waals surface area contributed by atoms with Crippen LogP contribution in [0.2, 0.25) is 0 Å². The van der Waals surface area contributed by atoms with Crippen molar-refractivity contribution in [2.24, 2.45) is 11.8 Å². The Balaban J connectivity index is 2.30. The van der Waals surface area contributed by atoms with Crippen LogP contribution in [0.15, 0.2) is 24.3 Å². The first-order valence-electron chi connectivity index (χ1n) is 7.66. The van der Waals surface area contributed by atoms with Gasteiger partial charge in [-0.1, -0.05) is 32.0 Å². The van der Waals surface area contributed by atoms with Crippen molar-refractivity contribution in [3.8, 4) is 0 Å². The van der Waals surface area contributed by atoms with Crippen LogP contribution in [0.3, 0.4) is 0 Å². The minimum atomic E-state index is -1.14. The average Bonchev–Trinajstić information content (AvgIpc) is 3.02. The first-order valence-corrected chi connectivity index (χ1v) is 7.66. The van der Waals surface area contributed by atoms with E-state index in [0.717, 1.165) is 0 Å². The molecule has 3 atom stereocenters. The van der Waals surface area contributed by atoms with Crippen molar-refractivity contribution in [2.75, 3.05) is 19.1 Å². The number of hydrogen-bond acceptors (Lipinski definition) is 6. The summed E-state index contributed by atoms with van der Waals surface area (Å²) < 4.78 is 15.2. The third kappa shape index (κ3) is 1.81. The number of carbonyl (C=O) groups is 3. The number of hydrogen-bond donors (Lipinski definition) is 0. The Morgan fingerprint density at radius 3 is 2.46 bits per heavy atom. The van der Waals surface area contributed by atoms with Crippen LogP contribution < -0.4 is 4.90 Å². The summed E-state index contributed by atoms with van der Waals surface area (Å²) in [6.45, 7) is 3.78. The van der Waals surface area contributed by atoms with Crippen LogP contribution in [0.25, 0.3) is 0 Å². The highest BCUT2D eigenvalue weighted by Crippen LogP contribution is 2.58. The molecule has 0 aliphatic carbocycles. The molecule has 2 aliphatic heterocycles. The molecule has 1 amide bonds. The predicted molar refractivity (Wildman–Crippen MR) is 83.2 cm³/mol. The number of esters is 2. The highest BCUT2D eigenvalue weighted by atomic mass is 16.6. The minimum absolute atomic E-state index is 0.172. The Morgan fingerprint density at radius 1 is 1.21 bits per heavy atom. The molecule has 3 rings (SSSR count). The lowest BCUT2D eigenvalue weighted by molar-refractivity contribution is -0.155. The number of rotatable bonds is 2. The summed E-state index contributed by atoms with van der Waals surface area (Å²) in [5.74, 6) is -2.67. The van der Waals surface area contributed by atoms with Crippen LogP contribution in [-0.4, -0.2) is 38.5 Å². The molecule has 7 heteroatoms. The molecular formula is C17H19NO6. The molecule has 2 aliphatic rings. The van der Waals surface area contributed by atoms with E-state index in [1.54, 1.807) is 18.2 Å². The van der Waals surface area contributed by atoms with Gasteiger partial charge >= 0.3 is 18.0 Å². The fourth-order valence-corrected chi connectivity index (χ4v) is 3.98. The van der Waals surface area contributed by atoms with Gasteiger partial charge in [-0.2, -0.15) is 0 Å². The lowest BCUT2D eigenvalue weighted by Gasteiger charge is -2.35. The Kier molecular flexibility index (Phi) is 3.74. The Labute approximate surface area is 139 Å². The zero-order valence-electron chi connectivity index (χ0n) is 13.9. The smallest absolute Gasteiger partial charge is 0.417 e. The summed E-state index contributed by atoms with van der Waals surface area (Å²) in [5.41, 5.74) is 0.260. The number of fused-ring (bicyclic) bond motifs is 3. The molecule has 24 heavy (non-hydrogen) atoms. The summed E-state index contributed by atoms with van der Waals surface area (Å²) in [6, 6.07) is 7.14. The third-order valence-corrected chi connectivity index (χ3v) is 4.98. The number of benzene rings is 1. The number of carbonyl (C=O) groups excluding carboxylic acids is 3. The maximum atomic E-state index is 12.5. The molecule has 0 spiro atoms. The van der Waals surface area contributed by atoms with Crippen LogP contribution in [0.1, 0.15) is 19.4 Å². The van der Waals surface area contributed by atoms with Gasteiger partial charge in [0.1, 0.15) is 0 Å². The lowest BCUT2D eigenvalue weighted by Crippen LogP contribution is -2.52. The molecule has 1 saturated heterocycles. The van der Waals surface area contributed by atoms with Crippen LogP contribution >= 0.6 is 0 Å². The van der Waals surface area contributed by atoms with Crippen LogP contribution in [0.4, 0.5) is 10.5 Å². The lowest BCUT2D eigenvalue weighted by atomic mass is 9.64. The molecule has 1 aromatic rings. The highest BCUT2D eigenvalue weighted by Gasteiger charge is 2.70. The van der Waals surface area contributed by atoms with Gasteiger partial charge in [-0.15, -0.1) is 0 Å². The first-order chi connectivity index (χ1) is 11.4. The van der Waals surface area contributed by atoms with Crippen molar-refractivity contribution in [3.63, 3.8) is 0 Å². The normalized spacial score (nSPS) is 27.5. The second kappa shape index (κ2) is 5.51.